The molecule has 0 spiro atoms. The molecule has 0 fully saturated rings. The van der Waals surface area contributed by atoms with Crippen LogP contribution in [0, 0.1) is 0 Å². The molecule has 0 atom stereocenters. The quantitative estimate of drug-likeness (QED) is 0.876. The van der Waals surface area contributed by atoms with Gasteiger partial charge in [-0.2, -0.15) is 5.10 Å². The lowest BCUT2D eigenvalue weighted by atomic mass is 10.3. The Hall–Kier alpha value is -0.710. The Bertz CT molecular complexity index is 487. The number of hydrogen-bond acceptors (Lipinski definition) is 2. The molecule has 78 valence electrons. The summed E-state index contributed by atoms with van der Waals surface area (Å²) >= 11 is 15.4. The molecule has 0 radical (unpaired) electrons. The smallest absolute Gasteiger partial charge is 0.145 e. The van der Waals surface area contributed by atoms with E-state index in [0.717, 1.165) is 4.47 Å². The second-order valence-corrected chi connectivity index (χ2v) is 4.63. The molecule has 2 aromatic rings. The third-order valence-corrected chi connectivity index (χ3v) is 2.85. The summed E-state index contributed by atoms with van der Waals surface area (Å²) in [7, 11) is 0. The number of benzene rings is 1. The molecule has 1 heterocycles. The van der Waals surface area contributed by atoms with Crippen molar-refractivity contribution in [1.82, 2.24) is 9.78 Å². The molecule has 0 bridgehead atoms. The molecule has 0 unspecified atom stereocenters. The highest BCUT2D eigenvalue weighted by molar-refractivity contribution is 9.10. The first kappa shape index (κ1) is 10.8. The van der Waals surface area contributed by atoms with Crippen LogP contribution >= 0.6 is 39.1 Å². The Morgan fingerprint density at radius 2 is 1.87 bits per heavy atom. The number of nitrogens with zero attached hydrogens (tertiary/aromatic N) is 2. The molecule has 2 rings (SSSR count). The van der Waals surface area contributed by atoms with Crippen LogP contribution in [0.5, 0.6) is 0 Å². The normalized spacial score (nSPS) is 10.6. The molecule has 3 nitrogen and oxygen atoms in total. The number of nitrogens with two attached hydrogens (primary N) is 1. The third-order valence-electron chi connectivity index (χ3n) is 1.82. The molecule has 15 heavy (non-hydrogen) atoms. The molecule has 0 saturated heterocycles. The van der Waals surface area contributed by atoms with E-state index >= 15 is 0 Å². The summed E-state index contributed by atoms with van der Waals surface area (Å²) in [5, 5.41) is 5.07. The number of anilines is 1. The summed E-state index contributed by atoms with van der Waals surface area (Å²) in [4.78, 5) is 0. The largest absolute Gasteiger partial charge is 0.382 e. The Balaban J connectivity index is 2.62. The third kappa shape index (κ3) is 2.12. The van der Waals surface area contributed by atoms with Gasteiger partial charge in [-0.05, 0) is 12.1 Å². The van der Waals surface area contributed by atoms with E-state index in [0.29, 0.717) is 21.6 Å². The zero-order chi connectivity index (χ0) is 11.0. The van der Waals surface area contributed by atoms with Crippen molar-refractivity contribution in [2.75, 3.05) is 5.73 Å². The zero-order valence-electron chi connectivity index (χ0n) is 7.42. The van der Waals surface area contributed by atoms with Gasteiger partial charge >= 0.3 is 0 Å². The van der Waals surface area contributed by atoms with Crippen molar-refractivity contribution in [3.8, 4) is 5.69 Å². The van der Waals surface area contributed by atoms with Crippen molar-refractivity contribution in [3.63, 3.8) is 0 Å². The second kappa shape index (κ2) is 4.04. The minimum atomic E-state index is 0.421. The van der Waals surface area contributed by atoms with Gasteiger partial charge in [-0.25, -0.2) is 4.68 Å². The fraction of sp³-hybridized carbons (Fsp3) is 0. The van der Waals surface area contributed by atoms with Gasteiger partial charge in [-0.1, -0.05) is 39.1 Å². The van der Waals surface area contributed by atoms with Crippen molar-refractivity contribution in [3.05, 3.63) is 38.9 Å². The molecule has 0 aliphatic carbocycles. The highest BCUT2D eigenvalue weighted by atomic mass is 79.9. The van der Waals surface area contributed by atoms with Crippen molar-refractivity contribution in [2.24, 2.45) is 0 Å². The first-order chi connectivity index (χ1) is 7.08. The first-order valence-corrected chi connectivity index (χ1v) is 5.59. The van der Waals surface area contributed by atoms with Gasteiger partial charge in [-0.3, -0.25) is 0 Å². The first-order valence-electron chi connectivity index (χ1n) is 4.04. The maximum Gasteiger partial charge on any atom is 0.145 e. The molecule has 1 aromatic heterocycles. The van der Waals surface area contributed by atoms with Crippen molar-refractivity contribution in [1.29, 1.82) is 0 Å². The van der Waals surface area contributed by atoms with Crippen LogP contribution in [0.3, 0.4) is 0 Å². The maximum absolute atomic E-state index is 6.06. The Kier molecular flexibility index (Phi) is 2.91. The standard InChI is InChI=1S/C9H6BrCl2N3/c10-5-3-6(11)9(7(12)4-5)15-2-1-8(13)14-15/h1-4H,(H2,13,14). The number of rotatable bonds is 1. The lowest BCUT2D eigenvalue weighted by molar-refractivity contribution is 0.886. The lowest BCUT2D eigenvalue weighted by Gasteiger charge is -2.07. The van der Waals surface area contributed by atoms with Crippen LogP contribution in [0.1, 0.15) is 0 Å². The highest BCUT2D eigenvalue weighted by Gasteiger charge is 2.10. The highest BCUT2D eigenvalue weighted by Crippen LogP contribution is 2.31. The van der Waals surface area contributed by atoms with E-state index in [1.165, 1.54) is 0 Å². The fourth-order valence-electron chi connectivity index (χ4n) is 1.22. The minimum Gasteiger partial charge on any atom is -0.382 e. The van der Waals surface area contributed by atoms with Gasteiger partial charge in [0.25, 0.3) is 0 Å². The molecular formula is C9H6BrCl2N3. The van der Waals surface area contributed by atoms with Crippen LogP contribution in [0.25, 0.3) is 5.69 Å². The number of aromatic nitrogens is 2. The molecular weight excluding hydrogens is 301 g/mol. The van der Waals surface area contributed by atoms with E-state index in [1.54, 1.807) is 29.1 Å². The average molecular weight is 307 g/mol. The van der Waals surface area contributed by atoms with E-state index in [4.69, 9.17) is 28.9 Å². The predicted octanol–water partition coefficient (Wildman–Crippen LogP) is 3.52. The molecule has 0 aliphatic rings. The van der Waals surface area contributed by atoms with E-state index in [-0.39, 0.29) is 0 Å². The van der Waals surface area contributed by atoms with Crippen LogP contribution in [0.4, 0.5) is 5.82 Å². The monoisotopic (exact) mass is 305 g/mol. The molecule has 0 saturated carbocycles. The van der Waals surface area contributed by atoms with E-state index in [9.17, 15) is 0 Å². The Morgan fingerprint density at radius 1 is 1.27 bits per heavy atom. The number of nitrogen functional groups attached to an aromatic ring is 1. The van der Waals surface area contributed by atoms with Gasteiger partial charge in [0.2, 0.25) is 0 Å². The average Bonchev–Trinajstić information content (AvgIpc) is 2.49. The molecule has 0 aliphatic heterocycles. The number of halogens is 3. The van der Waals surface area contributed by atoms with Gasteiger partial charge in [0.05, 0.1) is 10.0 Å². The molecule has 2 N–H and O–H groups in total. The van der Waals surface area contributed by atoms with Gasteiger partial charge in [0.15, 0.2) is 0 Å². The molecule has 1 aromatic carbocycles. The topological polar surface area (TPSA) is 43.8 Å². The summed E-state index contributed by atoms with van der Waals surface area (Å²) in [6, 6.07) is 5.18. The van der Waals surface area contributed by atoms with Crippen LogP contribution in [0.15, 0.2) is 28.9 Å². The Labute approximate surface area is 105 Å². The van der Waals surface area contributed by atoms with Gasteiger partial charge < -0.3 is 5.73 Å². The zero-order valence-corrected chi connectivity index (χ0v) is 10.5. The van der Waals surface area contributed by atoms with E-state index in [2.05, 4.69) is 21.0 Å². The summed E-state index contributed by atoms with van der Waals surface area (Å²) < 4.78 is 2.37. The second-order valence-electron chi connectivity index (χ2n) is 2.90. The minimum absolute atomic E-state index is 0.421. The van der Waals surface area contributed by atoms with Crippen LogP contribution < -0.4 is 5.73 Å². The maximum atomic E-state index is 6.06. The van der Waals surface area contributed by atoms with Gasteiger partial charge in [0.1, 0.15) is 11.5 Å². The van der Waals surface area contributed by atoms with Crippen LogP contribution in [-0.4, -0.2) is 9.78 Å². The fourth-order valence-corrected chi connectivity index (χ4v) is 2.60. The van der Waals surface area contributed by atoms with Crippen LogP contribution in [0.2, 0.25) is 10.0 Å². The molecule has 6 heteroatoms. The summed E-state index contributed by atoms with van der Waals surface area (Å²) in [5.41, 5.74) is 6.14. The van der Waals surface area contributed by atoms with E-state index < -0.39 is 0 Å². The van der Waals surface area contributed by atoms with Gasteiger partial charge in [0, 0.05) is 16.7 Å². The van der Waals surface area contributed by atoms with Crippen molar-refractivity contribution < 1.29 is 0 Å². The van der Waals surface area contributed by atoms with Gasteiger partial charge in [-0.15, -0.1) is 0 Å². The summed E-state index contributed by atoms with van der Waals surface area (Å²) in [5.74, 6) is 0.421. The lowest BCUT2D eigenvalue weighted by Crippen LogP contribution is -1.98. The summed E-state index contributed by atoms with van der Waals surface area (Å²) in [6.07, 6.45) is 1.70. The Morgan fingerprint density at radius 3 is 2.33 bits per heavy atom. The van der Waals surface area contributed by atoms with Crippen LogP contribution in [-0.2, 0) is 0 Å². The predicted molar refractivity (Wildman–Crippen MR) is 65.7 cm³/mol. The van der Waals surface area contributed by atoms with Crippen molar-refractivity contribution in [2.45, 2.75) is 0 Å². The summed E-state index contributed by atoms with van der Waals surface area (Å²) in [6.45, 7) is 0. The SMILES string of the molecule is Nc1ccn(-c2c(Cl)cc(Br)cc2Cl)n1. The molecule has 0 amide bonds. The van der Waals surface area contributed by atoms with Crippen molar-refractivity contribution >= 4 is 44.9 Å². The number of hydrogen-bond donors (Lipinski definition) is 1. The van der Waals surface area contributed by atoms with E-state index in [1.807, 2.05) is 0 Å².